The van der Waals surface area contributed by atoms with Gasteiger partial charge in [-0.25, -0.2) is 9.79 Å². The Morgan fingerprint density at radius 1 is 0.839 bits per heavy atom. The van der Waals surface area contributed by atoms with Gasteiger partial charge in [0, 0.05) is 16.7 Å². The van der Waals surface area contributed by atoms with Crippen LogP contribution in [0.2, 0.25) is 0 Å². The molecule has 3 heteroatoms. The van der Waals surface area contributed by atoms with Gasteiger partial charge in [-0.1, -0.05) is 104 Å². The van der Waals surface area contributed by atoms with Crippen molar-refractivity contribution in [1.29, 1.82) is 0 Å². The molecular weight excluding hydrogens is 382 g/mol. The number of hydrogen-bond donors (Lipinski definition) is 0. The monoisotopic (exact) mass is 407 g/mol. The summed E-state index contributed by atoms with van der Waals surface area (Å²) in [5, 5.41) is 0. The standard InChI is InChI=1S/C28H25NO2/c1-3-10-24-19-25(21-17-15-20(2)16-18-21)31-28(30)27(24)29-26(22-11-6-4-7-12-22)23-13-8-5-9-14-23/h4-9,11-19H,3,10H2,1-2H3. The molecule has 3 aromatic carbocycles. The molecule has 0 amide bonds. The van der Waals surface area contributed by atoms with Crippen molar-refractivity contribution >= 4 is 11.4 Å². The smallest absolute Gasteiger partial charge is 0.362 e. The number of benzene rings is 3. The molecule has 154 valence electrons. The first-order valence-corrected chi connectivity index (χ1v) is 10.6. The van der Waals surface area contributed by atoms with E-state index in [4.69, 9.17) is 9.41 Å². The Kier molecular flexibility index (Phi) is 6.23. The summed E-state index contributed by atoms with van der Waals surface area (Å²) >= 11 is 0. The minimum absolute atomic E-state index is 0.375. The van der Waals surface area contributed by atoms with Gasteiger partial charge >= 0.3 is 5.63 Å². The molecule has 0 N–H and O–H groups in total. The zero-order chi connectivity index (χ0) is 21.6. The van der Waals surface area contributed by atoms with Crippen LogP contribution in [0.25, 0.3) is 11.3 Å². The Labute approximate surface area is 182 Å². The quantitative estimate of drug-likeness (QED) is 0.332. The SMILES string of the molecule is CCCc1cc(-c2ccc(C)cc2)oc(=O)c1N=C(c1ccccc1)c1ccccc1. The van der Waals surface area contributed by atoms with E-state index in [0.717, 1.165) is 46.4 Å². The van der Waals surface area contributed by atoms with E-state index in [1.807, 2.05) is 97.9 Å². The Bertz CT molecular complexity index is 1200. The van der Waals surface area contributed by atoms with E-state index in [1.54, 1.807) is 0 Å². The fraction of sp³-hybridized carbons (Fsp3) is 0.143. The zero-order valence-electron chi connectivity index (χ0n) is 17.8. The van der Waals surface area contributed by atoms with Crippen molar-refractivity contribution in [2.24, 2.45) is 4.99 Å². The molecule has 0 radical (unpaired) electrons. The van der Waals surface area contributed by atoms with Gasteiger partial charge in [0.1, 0.15) is 5.76 Å². The summed E-state index contributed by atoms with van der Waals surface area (Å²) in [4.78, 5) is 18.0. The van der Waals surface area contributed by atoms with E-state index in [2.05, 4.69) is 6.92 Å². The molecule has 4 rings (SSSR count). The van der Waals surface area contributed by atoms with Crippen molar-refractivity contribution in [3.05, 3.63) is 124 Å². The van der Waals surface area contributed by atoms with Gasteiger partial charge in [0.15, 0.2) is 5.69 Å². The molecule has 0 bridgehead atoms. The second kappa shape index (κ2) is 9.40. The summed E-state index contributed by atoms with van der Waals surface area (Å²) in [7, 11) is 0. The maximum atomic E-state index is 13.1. The lowest BCUT2D eigenvalue weighted by atomic mass is 10.0. The molecule has 1 heterocycles. The largest absolute Gasteiger partial charge is 0.421 e. The highest BCUT2D eigenvalue weighted by molar-refractivity contribution is 6.14. The fourth-order valence-corrected chi connectivity index (χ4v) is 3.57. The first-order chi connectivity index (χ1) is 15.2. The average molecular weight is 408 g/mol. The molecule has 0 unspecified atom stereocenters. The number of hydrogen-bond acceptors (Lipinski definition) is 3. The van der Waals surface area contributed by atoms with Gasteiger partial charge in [-0.3, -0.25) is 0 Å². The second-order valence-electron chi connectivity index (χ2n) is 7.58. The second-order valence-corrected chi connectivity index (χ2v) is 7.58. The Balaban J connectivity index is 1.89. The molecule has 3 nitrogen and oxygen atoms in total. The lowest BCUT2D eigenvalue weighted by Gasteiger charge is -2.11. The highest BCUT2D eigenvalue weighted by Gasteiger charge is 2.15. The third-order valence-electron chi connectivity index (χ3n) is 5.18. The molecule has 31 heavy (non-hydrogen) atoms. The molecule has 4 aromatic rings. The number of aryl methyl sites for hydroxylation is 2. The van der Waals surface area contributed by atoms with Gasteiger partial charge in [0.05, 0.1) is 5.71 Å². The fourth-order valence-electron chi connectivity index (χ4n) is 3.57. The maximum absolute atomic E-state index is 13.1. The van der Waals surface area contributed by atoms with E-state index >= 15 is 0 Å². The Morgan fingerprint density at radius 3 is 1.97 bits per heavy atom. The summed E-state index contributed by atoms with van der Waals surface area (Å²) in [6.45, 7) is 4.14. The van der Waals surface area contributed by atoms with E-state index < -0.39 is 5.63 Å². The Morgan fingerprint density at radius 2 is 1.42 bits per heavy atom. The van der Waals surface area contributed by atoms with Crippen molar-refractivity contribution in [2.45, 2.75) is 26.7 Å². The minimum Gasteiger partial charge on any atom is -0.421 e. The minimum atomic E-state index is -0.411. The summed E-state index contributed by atoms with van der Waals surface area (Å²) in [6, 6.07) is 29.8. The van der Waals surface area contributed by atoms with Gasteiger partial charge in [-0.15, -0.1) is 0 Å². The van der Waals surface area contributed by atoms with Gasteiger partial charge in [-0.2, -0.15) is 0 Å². The van der Waals surface area contributed by atoms with Crippen molar-refractivity contribution in [3.63, 3.8) is 0 Å². The number of rotatable bonds is 6. The first-order valence-electron chi connectivity index (χ1n) is 10.6. The third-order valence-corrected chi connectivity index (χ3v) is 5.18. The normalized spacial score (nSPS) is 10.6. The van der Waals surface area contributed by atoms with E-state index in [0.29, 0.717) is 11.4 Å². The van der Waals surface area contributed by atoms with Crippen LogP contribution in [0.3, 0.4) is 0 Å². The Hall–Kier alpha value is -3.72. The molecular formula is C28H25NO2. The van der Waals surface area contributed by atoms with Crippen LogP contribution >= 0.6 is 0 Å². The summed E-state index contributed by atoms with van der Waals surface area (Å²) in [5.74, 6) is 0.577. The predicted octanol–water partition coefficient (Wildman–Crippen LogP) is 6.74. The molecule has 0 aliphatic heterocycles. The van der Waals surface area contributed by atoms with Crippen LogP contribution in [-0.2, 0) is 6.42 Å². The molecule has 0 spiro atoms. The van der Waals surface area contributed by atoms with Crippen molar-refractivity contribution < 1.29 is 4.42 Å². The molecule has 1 aromatic heterocycles. The maximum Gasteiger partial charge on any atom is 0.362 e. The molecule has 0 saturated carbocycles. The summed E-state index contributed by atoms with van der Waals surface area (Å²) in [5.41, 5.74) is 5.59. The van der Waals surface area contributed by atoms with E-state index in [-0.39, 0.29) is 0 Å². The zero-order valence-corrected chi connectivity index (χ0v) is 17.8. The topological polar surface area (TPSA) is 42.6 Å². The van der Waals surface area contributed by atoms with Crippen LogP contribution in [0.15, 0.2) is 105 Å². The van der Waals surface area contributed by atoms with E-state index in [9.17, 15) is 4.79 Å². The van der Waals surface area contributed by atoms with Crippen LogP contribution in [0.5, 0.6) is 0 Å². The van der Waals surface area contributed by atoms with Crippen molar-refractivity contribution in [3.8, 4) is 11.3 Å². The summed E-state index contributed by atoms with van der Waals surface area (Å²) < 4.78 is 5.73. The number of aliphatic imine (C=N–C) groups is 1. The lowest BCUT2D eigenvalue weighted by Crippen LogP contribution is -2.08. The van der Waals surface area contributed by atoms with Crippen LogP contribution in [0, 0.1) is 6.92 Å². The van der Waals surface area contributed by atoms with Gasteiger partial charge in [-0.05, 0) is 25.0 Å². The highest BCUT2D eigenvalue weighted by Crippen LogP contribution is 2.26. The van der Waals surface area contributed by atoms with Gasteiger partial charge in [0.25, 0.3) is 0 Å². The molecule has 0 saturated heterocycles. The van der Waals surface area contributed by atoms with Crippen LogP contribution in [-0.4, -0.2) is 5.71 Å². The predicted molar refractivity (Wildman–Crippen MR) is 127 cm³/mol. The average Bonchev–Trinajstić information content (AvgIpc) is 2.80. The van der Waals surface area contributed by atoms with E-state index in [1.165, 1.54) is 0 Å². The molecule has 0 aliphatic carbocycles. The van der Waals surface area contributed by atoms with Crippen LogP contribution < -0.4 is 5.63 Å². The molecule has 0 atom stereocenters. The van der Waals surface area contributed by atoms with Crippen LogP contribution in [0.1, 0.15) is 35.6 Å². The van der Waals surface area contributed by atoms with Gasteiger partial charge < -0.3 is 4.42 Å². The van der Waals surface area contributed by atoms with Gasteiger partial charge in [0.2, 0.25) is 0 Å². The van der Waals surface area contributed by atoms with Crippen molar-refractivity contribution in [1.82, 2.24) is 0 Å². The van der Waals surface area contributed by atoms with Crippen molar-refractivity contribution in [2.75, 3.05) is 0 Å². The third kappa shape index (κ3) is 4.72. The lowest BCUT2D eigenvalue weighted by molar-refractivity contribution is 0.525. The highest BCUT2D eigenvalue weighted by atomic mass is 16.4. The molecule has 0 aliphatic rings. The first kappa shape index (κ1) is 20.5. The van der Waals surface area contributed by atoms with Crippen LogP contribution in [0.4, 0.5) is 5.69 Å². The number of nitrogens with zero attached hydrogens (tertiary/aromatic N) is 1. The molecule has 0 fully saturated rings. The summed E-state index contributed by atoms with van der Waals surface area (Å²) in [6.07, 6.45) is 1.66.